The fraction of sp³-hybridized carbons (Fsp3) is 0.529. The summed E-state index contributed by atoms with van der Waals surface area (Å²) in [5.74, 6) is 1.04. The third-order valence-electron chi connectivity index (χ3n) is 3.61. The van der Waals surface area contributed by atoms with Gasteiger partial charge in [0, 0.05) is 24.8 Å². The summed E-state index contributed by atoms with van der Waals surface area (Å²) in [6.45, 7) is 9.80. The minimum atomic E-state index is 0.0335. The number of Topliss-reactive ketones (excluding diaryl/α,β-unsaturated/α-hetero) is 1. The van der Waals surface area contributed by atoms with E-state index in [1.54, 1.807) is 18.7 Å². The van der Waals surface area contributed by atoms with Gasteiger partial charge in [0.1, 0.15) is 10.1 Å². The maximum atomic E-state index is 11.9. The topological polar surface area (TPSA) is 20.3 Å². The Kier molecular flexibility index (Phi) is 7.97. The molecule has 0 aliphatic rings. The first-order valence-electron chi connectivity index (χ1n) is 7.45. The summed E-state index contributed by atoms with van der Waals surface area (Å²) in [6.07, 6.45) is 0.795. The van der Waals surface area contributed by atoms with Gasteiger partial charge in [0.05, 0.1) is 0 Å². The van der Waals surface area contributed by atoms with E-state index in [2.05, 4.69) is 49.9 Å². The Labute approximate surface area is 138 Å². The van der Waals surface area contributed by atoms with E-state index in [0.717, 1.165) is 29.6 Å². The number of thiocarbonyl (C=S) groups is 1. The summed E-state index contributed by atoms with van der Waals surface area (Å²) in [5.41, 5.74) is 2.46. The predicted octanol–water partition coefficient (Wildman–Crippen LogP) is 4.10. The molecule has 0 aromatic heterocycles. The molecule has 1 aromatic carbocycles. The van der Waals surface area contributed by atoms with Gasteiger partial charge in [-0.15, -0.1) is 0 Å². The van der Waals surface area contributed by atoms with E-state index in [9.17, 15) is 4.79 Å². The average Bonchev–Trinajstić information content (AvgIpc) is 2.46. The highest BCUT2D eigenvalue weighted by atomic mass is 32.2. The van der Waals surface area contributed by atoms with Crippen LogP contribution >= 0.6 is 24.0 Å². The summed E-state index contributed by atoms with van der Waals surface area (Å²) < 4.78 is 0.898. The van der Waals surface area contributed by atoms with Gasteiger partial charge in [-0.3, -0.25) is 4.79 Å². The molecule has 2 nitrogen and oxygen atoms in total. The number of carbonyl (C=O) groups excluding carboxylic acids is 1. The van der Waals surface area contributed by atoms with Gasteiger partial charge < -0.3 is 4.90 Å². The van der Waals surface area contributed by atoms with Crippen LogP contribution in [0, 0.1) is 12.8 Å². The van der Waals surface area contributed by atoms with Gasteiger partial charge in [0.15, 0.2) is 0 Å². The molecule has 21 heavy (non-hydrogen) atoms. The fourth-order valence-electron chi connectivity index (χ4n) is 2.07. The number of hydrogen-bond acceptors (Lipinski definition) is 3. The highest BCUT2D eigenvalue weighted by Crippen LogP contribution is 2.19. The summed E-state index contributed by atoms with van der Waals surface area (Å²) in [6, 6.07) is 8.41. The van der Waals surface area contributed by atoms with Crippen LogP contribution in [0.1, 0.15) is 31.9 Å². The van der Waals surface area contributed by atoms with Crippen molar-refractivity contribution in [1.29, 1.82) is 0 Å². The van der Waals surface area contributed by atoms with Crippen molar-refractivity contribution in [1.82, 2.24) is 4.90 Å². The van der Waals surface area contributed by atoms with Crippen molar-refractivity contribution in [2.24, 2.45) is 5.92 Å². The third-order valence-corrected chi connectivity index (χ3v) is 5.29. The van der Waals surface area contributed by atoms with Gasteiger partial charge in [-0.25, -0.2) is 0 Å². The van der Waals surface area contributed by atoms with Crippen LogP contribution in [0.25, 0.3) is 0 Å². The second-order valence-electron chi connectivity index (χ2n) is 5.25. The largest absolute Gasteiger partial charge is 0.358 e. The van der Waals surface area contributed by atoms with E-state index in [4.69, 9.17) is 12.2 Å². The van der Waals surface area contributed by atoms with E-state index >= 15 is 0 Å². The van der Waals surface area contributed by atoms with Crippen LogP contribution in [0.15, 0.2) is 24.3 Å². The van der Waals surface area contributed by atoms with Crippen LogP contribution in [0.5, 0.6) is 0 Å². The van der Waals surface area contributed by atoms with Crippen molar-refractivity contribution in [3.8, 4) is 0 Å². The molecule has 0 saturated carbocycles. The Morgan fingerprint density at radius 2 is 1.81 bits per heavy atom. The molecule has 0 amide bonds. The van der Waals surface area contributed by atoms with E-state index in [-0.39, 0.29) is 11.7 Å². The SMILES string of the molecule is CCN(CC)C(=S)SCC(Cc1ccc(C)cc1)C(C)=O. The first-order chi connectivity index (χ1) is 9.97. The molecule has 0 saturated heterocycles. The molecule has 1 aromatic rings. The molecule has 0 heterocycles. The van der Waals surface area contributed by atoms with E-state index in [1.807, 2.05) is 0 Å². The van der Waals surface area contributed by atoms with Crippen LogP contribution in [0.4, 0.5) is 0 Å². The number of thioether (sulfide) groups is 1. The predicted molar refractivity (Wildman–Crippen MR) is 97.0 cm³/mol. The average molecular weight is 324 g/mol. The highest BCUT2D eigenvalue weighted by Gasteiger charge is 2.17. The fourth-order valence-corrected chi connectivity index (χ4v) is 3.67. The van der Waals surface area contributed by atoms with Crippen molar-refractivity contribution >= 4 is 34.1 Å². The quantitative estimate of drug-likeness (QED) is 0.704. The van der Waals surface area contributed by atoms with Crippen molar-refractivity contribution in [2.75, 3.05) is 18.8 Å². The van der Waals surface area contributed by atoms with Crippen molar-refractivity contribution in [3.05, 3.63) is 35.4 Å². The monoisotopic (exact) mass is 323 g/mol. The van der Waals surface area contributed by atoms with Crippen molar-refractivity contribution in [2.45, 2.75) is 34.1 Å². The third kappa shape index (κ3) is 6.18. The smallest absolute Gasteiger partial charge is 0.136 e. The van der Waals surface area contributed by atoms with Gasteiger partial charge in [-0.2, -0.15) is 0 Å². The second-order valence-corrected chi connectivity index (χ2v) is 6.90. The molecule has 1 atom stereocenters. The second kappa shape index (κ2) is 9.21. The number of benzene rings is 1. The number of aryl methyl sites for hydroxylation is 1. The summed E-state index contributed by atoms with van der Waals surface area (Å²) in [7, 11) is 0. The number of hydrogen-bond donors (Lipinski definition) is 0. The van der Waals surface area contributed by atoms with Crippen LogP contribution in [-0.4, -0.2) is 33.8 Å². The Hall–Kier alpha value is -0.870. The normalized spacial score (nSPS) is 12.0. The number of rotatable bonds is 7. The lowest BCUT2D eigenvalue weighted by atomic mass is 9.97. The van der Waals surface area contributed by atoms with Crippen molar-refractivity contribution < 1.29 is 4.79 Å². The number of carbonyl (C=O) groups is 1. The molecule has 1 rings (SSSR count). The highest BCUT2D eigenvalue weighted by molar-refractivity contribution is 8.22. The molecule has 0 fully saturated rings. The van der Waals surface area contributed by atoms with E-state index in [0.29, 0.717) is 0 Å². The van der Waals surface area contributed by atoms with Crippen LogP contribution in [-0.2, 0) is 11.2 Å². The molecule has 116 valence electrons. The summed E-state index contributed by atoms with van der Waals surface area (Å²) >= 11 is 7.07. The van der Waals surface area contributed by atoms with Gasteiger partial charge in [0.2, 0.25) is 0 Å². The summed E-state index contributed by atoms with van der Waals surface area (Å²) in [5, 5.41) is 0. The zero-order valence-electron chi connectivity index (χ0n) is 13.4. The standard InChI is InChI=1S/C17H25NOS2/c1-5-18(6-2)17(20)21-12-16(14(4)19)11-15-9-7-13(3)8-10-15/h7-10,16H,5-6,11-12H2,1-4H3. The molecule has 4 heteroatoms. The lowest BCUT2D eigenvalue weighted by Crippen LogP contribution is -2.28. The molecule has 0 aliphatic heterocycles. The minimum Gasteiger partial charge on any atom is -0.358 e. The van der Waals surface area contributed by atoms with Crippen molar-refractivity contribution in [3.63, 3.8) is 0 Å². The minimum absolute atomic E-state index is 0.0335. The van der Waals surface area contributed by atoms with Gasteiger partial charge in [-0.1, -0.05) is 53.8 Å². The molecule has 0 radical (unpaired) electrons. The Morgan fingerprint density at radius 1 is 1.24 bits per heavy atom. The van der Waals surface area contributed by atoms with Crippen LogP contribution in [0.2, 0.25) is 0 Å². The van der Waals surface area contributed by atoms with Gasteiger partial charge in [-0.05, 0) is 39.7 Å². The first-order valence-corrected chi connectivity index (χ1v) is 8.85. The Balaban J connectivity index is 2.60. The lowest BCUT2D eigenvalue weighted by molar-refractivity contribution is -0.120. The Morgan fingerprint density at radius 3 is 2.29 bits per heavy atom. The lowest BCUT2D eigenvalue weighted by Gasteiger charge is -2.22. The number of ketones is 1. The van der Waals surface area contributed by atoms with Gasteiger partial charge >= 0.3 is 0 Å². The molecule has 0 aliphatic carbocycles. The first kappa shape index (κ1) is 18.2. The van der Waals surface area contributed by atoms with Gasteiger partial charge in [0.25, 0.3) is 0 Å². The van der Waals surface area contributed by atoms with E-state index in [1.165, 1.54) is 11.1 Å². The summed E-state index contributed by atoms with van der Waals surface area (Å²) in [4.78, 5) is 14.0. The Bertz CT molecular complexity index is 466. The molecule has 0 bridgehead atoms. The van der Waals surface area contributed by atoms with Crippen LogP contribution in [0.3, 0.4) is 0 Å². The molecule has 0 N–H and O–H groups in total. The molecule has 1 unspecified atom stereocenters. The zero-order chi connectivity index (χ0) is 15.8. The maximum Gasteiger partial charge on any atom is 0.136 e. The maximum absolute atomic E-state index is 11.9. The molecular formula is C17H25NOS2. The van der Waals surface area contributed by atoms with Crippen LogP contribution < -0.4 is 0 Å². The molecular weight excluding hydrogens is 298 g/mol. The molecule has 0 spiro atoms. The number of nitrogens with zero attached hydrogens (tertiary/aromatic N) is 1. The zero-order valence-corrected chi connectivity index (χ0v) is 15.0. The van der Waals surface area contributed by atoms with E-state index < -0.39 is 0 Å².